The molecule has 0 amide bonds. The molecule has 0 aliphatic rings. The van der Waals surface area contributed by atoms with Gasteiger partial charge in [-0.1, -0.05) is 0 Å². The highest BCUT2D eigenvalue weighted by molar-refractivity contribution is 7.99. The number of benzene rings is 1. The van der Waals surface area contributed by atoms with E-state index in [0.29, 0.717) is 0 Å². The van der Waals surface area contributed by atoms with Gasteiger partial charge in [0.1, 0.15) is 11.5 Å². The van der Waals surface area contributed by atoms with E-state index in [1.165, 1.54) is 4.90 Å². The second kappa shape index (κ2) is 7.26. The van der Waals surface area contributed by atoms with Crippen LogP contribution >= 0.6 is 11.8 Å². The van der Waals surface area contributed by atoms with Crippen LogP contribution in [0.4, 0.5) is 0 Å². The third-order valence-corrected chi connectivity index (χ3v) is 3.86. The summed E-state index contributed by atoms with van der Waals surface area (Å²) >= 11 is 1.83. The largest absolute Gasteiger partial charge is 0.497 e. The molecule has 0 aliphatic heterocycles. The van der Waals surface area contributed by atoms with Crippen molar-refractivity contribution in [1.29, 1.82) is 0 Å². The Morgan fingerprint density at radius 3 is 2.68 bits per heavy atom. The summed E-state index contributed by atoms with van der Waals surface area (Å²) in [6, 6.07) is 12.3. The van der Waals surface area contributed by atoms with Gasteiger partial charge in [0.25, 0.3) is 0 Å². The maximum atomic E-state index is 5.35. The van der Waals surface area contributed by atoms with Crippen LogP contribution in [0.15, 0.2) is 52.0 Å². The summed E-state index contributed by atoms with van der Waals surface area (Å²) in [7, 11) is 1.68. The number of ether oxygens (including phenoxy) is 1. The summed E-state index contributed by atoms with van der Waals surface area (Å²) in [4.78, 5) is 1.26. The first-order valence-electron chi connectivity index (χ1n) is 6.33. The van der Waals surface area contributed by atoms with E-state index in [0.717, 1.165) is 23.8 Å². The van der Waals surface area contributed by atoms with Gasteiger partial charge in [0.05, 0.1) is 19.4 Å². The highest BCUT2D eigenvalue weighted by Gasteiger charge is 2.06. The standard InChI is InChI=1S/C15H19NO2S/c1-12(15-4-3-10-18-15)16-9-11-19-14-7-5-13(17-2)6-8-14/h3-8,10,12,16H,9,11H2,1-2H3. The number of furan rings is 1. The summed E-state index contributed by atoms with van der Waals surface area (Å²) in [5, 5.41) is 3.44. The minimum atomic E-state index is 0.256. The van der Waals surface area contributed by atoms with Gasteiger partial charge in [-0.2, -0.15) is 0 Å². The van der Waals surface area contributed by atoms with Crippen molar-refractivity contribution in [3.63, 3.8) is 0 Å². The third kappa shape index (κ3) is 4.33. The maximum Gasteiger partial charge on any atom is 0.120 e. The molecule has 1 N–H and O–H groups in total. The van der Waals surface area contributed by atoms with Gasteiger partial charge in [-0.15, -0.1) is 11.8 Å². The first-order chi connectivity index (χ1) is 9.29. The molecule has 19 heavy (non-hydrogen) atoms. The summed E-state index contributed by atoms with van der Waals surface area (Å²) < 4.78 is 10.5. The zero-order valence-electron chi connectivity index (χ0n) is 11.3. The minimum absolute atomic E-state index is 0.256. The number of nitrogens with one attached hydrogen (secondary N) is 1. The Morgan fingerprint density at radius 1 is 1.26 bits per heavy atom. The van der Waals surface area contributed by atoms with Crippen LogP contribution in [0.25, 0.3) is 0 Å². The quantitative estimate of drug-likeness (QED) is 0.617. The number of hydrogen-bond donors (Lipinski definition) is 1. The normalized spacial score (nSPS) is 12.3. The predicted octanol–water partition coefficient (Wildman–Crippen LogP) is 3.73. The molecule has 0 spiro atoms. The molecule has 1 heterocycles. The first-order valence-corrected chi connectivity index (χ1v) is 7.32. The fourth-order valence-electron chi connectivity index (χ4n) is 1.75. The molecule has 3 nitrogen and oxygen atoms in total. The van der Waals surface area contributed by atoms with Crippen molar-refractivity contribution < 1.29 is 9.15 Å². The molecule has 0 bridgehead atoms. The van der Waals surface area contributed by atoms with Crippen molar-refractivity contribution in [2.24, 2.45) is 0 Å². The van der Waals surface area contributed by atoms with Crippen LogP contribution in [0, 0.1) is 0 Å². The lowest BCUT2D eigenvalue weighted by Gasteiger charge is -2.10. The first kappa shape index (κ1) is 14.0. The van der Waals surface area contributed by atoms with E-state index in [1.807, 2.05) is 36.0 Å². The van der Waals surface area contributed by atoms with Crippen molar-refractivity contribution in [2.45, 2.75) is 17.9 Å². The van der Waals surface area contributed by atoms with Crippen LogP contribution < -0.4 is 10.1 Å². The Balaban J connectivity index is 1.68. The van der Waals surface area contributed by atoms with Gasteiger partial charge in [-0.25, -0.2) is 0 Å². The Labute approximate surface area is 118 Å². The van der Waals surface area contributed by atoms with E-state index in [-0.39, 0.29) is 6.04 Å². The number of rotatable bonds is 7. The van der Waals surface area contributed by atoms with Crippen LogP contribution in [0.2, 0.25) is 0 Å². The molecule has 0 saturated carbocycles. The van der Waals surface area contributed by atoms with Gasteiger partial charge < -0.3 is 14.5 Å². The molecule has 2 aromatic rings. The monoisotopic (exact) mass is 277 g/mol. The lowest BCUT2D eigenvalue weighted by molar-refractivity contribution is 0.414. The van der Waals surface area contributed by atoms with Gasteiger partial charge in [0.2, 0.25) is 0 Å². The predicted molar refractivity (Wildman–Crippen MR) is 78.8 cm³/mol. The van der Waals surface area contributed by atoms with Crippen molar-refractivity contribution in [3.8, 4) is 5.75 Å². The van der Waals surface area contributed by atoms with E-state index in [4.69, 9.17) is 9.15 Å². The molecular weight excluding hydrogens is 258 g/mol. The van der Waals surface area contributed by atoms with Crippen LogP contribution in [0.3, 0.4) is 0 Å². The van der Waals surface area contributed by atoms with E-state index >= 15 is 0 Å². The highest BCUT2D eigenvalue weighted by Crippen LogP contribution is 2.21. The van der Waals surface area contributed by atoms with Crippen molar-refractivity contribution >= 4 is 11.8 Å². The summed E-state index contributed by atoms with van der Waals surface area (Å²) in [5.41, 5.74) is 0. The lowest BCUT2D eigenvalue weighted by Crippen LogP contribution is -2.20. The fraction of sp³-hybridized carbons (Fsp3) is 0.333. The van der Waals surface area contributed by atoms with Crippen LogP contribution in [-0.4, -0.2) is 19.4 Å². The Bertz CT molecular complexity index is 467. The molecule has 1 unspecified atom stereocenters. The zero-order chi connectivity index (χ0) is 13.5. The molecule has 0 fully saturated rings. The maximum absolute atomic E-state index is 5.35. The Morgan fingerprint density at radius 2 is 2.05 bits per heavy atom. The molecule has 0 saturated heterocycles. The number of hydrogen-bond acceptors (Lipinski definition) is 4. The molecule has 4 heteroatoms. The summed E-state index contributed by atoms with van der Waals surface area (Å²) in [6.07, 6.45) is 1.71. The van der Waals surface area contributed by atoms with Crippen molar-refractivity contribution in [1.82, 2.24) is 5.32 Å². The van der Waals surface area contributed by atoms with Gasteiger partial charge in [0.15, 0.2) is 0 Å². The summed E-state index contributed by atoms with van der Waals surface area (Å²) in [6.45, 7) is 3.05. The van der Waals surface area contributed by atoms with Gasteiger partial charge in [-0.05, 0) is 43.3 Å². The average Bonchev–Trinajstić information content (AvgIpc) is 2.98. The third-order valence-electron chi connectivity index (χ3n) is 2.85. The molecule has 2 rings (SSSR count). The average molecular weight is 277 g/mol. The molecule has 1 atom stereocenters. The minimum Gasteiger partial charge on any atom is -0.497 e. The van der Waals surface area contributed by atoms with Gasteiger partial charge in [0, 0.05) is 17.2 Å². The van der Waals surface area contributed by atoms with E-state index in [2.05, 4.69) is 24.4 Å². The Hall–Kier alpha value is -1.39. The van der Waals surface area contributed by atoms with E-state index in [1.54, 1.807) is 13.4 Å². The topological polar surface area (TPSA) is 34.4 Å². The molecule has 1 aromatic heterocycles. The second-order valence-corrected chi connectivity index (χ2v) is 5.38. The fourth-order valence-corrected chi connectivity index (χ4v) is 2.54. The van der Waals surface area contributed by atoms with Gasteiger partial charge in [-0.3, -0.25) is 0 Å². The molecule has 0 aliphatic carbocycles. The Kier molecular flexibility index (Phi) is 5.36. The lowest BCUT2D eigenvalue weighted by atomic mass is 10.2. The highest BCUT2D eigenvalue weighted by atomic mass is 32.2. The van der Waals surface area contributed by atoms with Crippen LogP contribution in [-0.2, 0) is 0 Å². The number of methoxy groups -OCH3 is 1. The van der Waals surface area contributed by atoms with E-state index < -0.39 is 0 Å². The smallest absolute Gasteiger partial charge is 0.120 e. The SMILES string of the molecule is COc1ccc(SCCNC(C)c2ccco2)cc1. The summed E-state index contributed by atoms with van der Waals surface area (Å²) in [5.74, 6) is 2.90. The molecule has 1 aromatic carbocycles. The van der Waals surface area contributed by atoms with Crippen molar-refractivity contribution in [3.05, 3.63) is 48.4 Å². The van der Waals surface area contributed by atoms with E-state index in [9.17, 15) is 0 Å². The molecule has 102 valence electrons. The van der Waals surface area contributed by atoms with Gasteiger partial charge >= 0.3 is 0 Å². The number of thioether (sulfide) groups is 1. The zero-order valence-corrected chi connectivity index (χ0v) is 12.1. The van der Waals surface area contributed by atoms with Crippen LogP contribution in [0.1, 0.15) is 18.7 Å². The molecule has 0 radical (unpaired) electrons. The second-order valence-electron chi connectivity index (χ2n) is 4.22. The van der Waals surface area contributed by atoms with Crippen molar-refractivity contribution in [2.75, 3.05) is 19.4 Å². The molecular formula is C15H19NO2S. The van der Waals surface area contributed by atoms with Crippen LogP contribution in [0.5, 0.6) is 5.75 Å².